The summed E-state index contributed by atoms with van der Waals surface area (Å²) in [4.78, 5) is 0. The van der Waals surface area contributed by atoms with E-state index in [0.717, 1.165) is 5.56 Å². The first-order chi connectivity index (χ1) is 11.0. The molecule has 1 aromatic carbocycles. The lowest BCUT2D eigenvalue weighted by molar-refractivity contribution is -0.0755. The smallest absolute Gasteiger partial charge is 0.217 e. The molecule has 0 aromatic heterocycles. The van der Waals surface area contributed by atoms with E-state index >= 15 is 0 Å². The van der Waals surface area contributed by atoms with Gasteiger partial charge in [-0.2, -0.15) is 4.31 Å². The molecule has 1 heterocycles. The molecule has 6 nitrogen and oxygen atoms in total. The van der Waals surface area contributed by atoms with Crippen LogP contribution in [0.25, 0.3) is 0 Å². The number of sulfonamides is 1. The van der Waals surface area contributed by atoms with Gasteiger partial charge in [0.05, 0.1) is 11.4 Å². The molecule has 2 N–H and O–H groups in total. The van der Waals surface area contributed by atoms with Gasteiger partial charge in [0.1, 0.15) is 0 Å². The number of benzene rings is 1. The molecule has 1 fully saturated rings. The second-order valence-electron chi connectivity index (χ2n) is 5.86. The molecule has 1 aliphatic rings. The summed E-state index contributed by atoms with van der Waals surface area (Å²) in [7, 11) is -1.91. The van der Waals surface area contributed by atoms with Crippen molar-refractivity contribution in [1.82, 2.24) is 4.31 Å². The second-order valence-corrected chi connectivity index (χ2v) is 7.83. The standard InChI is InChI=1S/C16H26N2O4S/c1-21-16(7-11-22-12-8-16)14-23(19,20)18(10-9-17)13-15-5-3-2-4-6-15/h2-6H,7-14,17H2,1H3. The summed E-state index contributed by atoms with van der Waals surface area (Å²) in [6.07, 6.45) is 1.18. The third-order valence-electron chi connectivity index (χ3n) is 4.26. The molecule has 0 saturated carbocycles. The van der Waals surface area contributed by atoms with Gasteiger partial charge in [0.15, 0.2) is 0 Å². The summed E-state index contributed by atoms with van der Waals surface area (Å²) in [5.74, 6) is -0.0350. The van der Waals surface area contributed by atoms with Gasteiger partial charge in [0, 0.05) is 52.8 Å². The van der Waals surface area contributed by atoms with Crippen LogP contribution in [0.5, 0.6) is 0 Å². The van der Waals surface area contributed by atoms with Crippen LogP contribution in [0.15, 0.2) is 30.3 Å². The Labute approximate surface area is 138 Å². The zero-order chi connectivity index (χ0) is 16.8. The van der Waals surface area contributed by atoms with E-state index in [2.05, 4.69) is 0 Å². The van der Waals surface area contributed by atoms with Gasteiger partial charge in [-0.3, -0.25) is 0 Å². The Bertz CT molecular complexity index is 571. The van der Waals surface area contributed by atoms with Crippen LogP contribution in [0.2, 0.25) is 0 Å². The zero-order valence-electron chi connectivity index (χ0n) is 13.6. The van der Waals surface area contributed by atoms with Gasteiger partial charge in [0.25, 0.3) is 0 Å². The summed E-state index contributed by atoms with van der Waals surface area (Å²) < 4.78 is 38.2. The SMILES string of the molecule is COC1(CS(=O)(=O)N(CCN)Cc2ccccc2)CCOCC1. The number of ether oxygens (including phenoxy) is 2. The minimum atomic E-state index is -3.48. The van der Waals surface area contributed by atoms with Crippen LogP contribution >= 0.6 is 0 Å². The molecule has 1 saturated heterocycles. The molecule has 0 bridgehead atoms. The number of nitrogens with zero attached hydrogens (tertiary/aromatic N) is 1. The highest BCUT2D eigenvalue weighted by Gasteiger charge is 2.39. The van der Waals surface area contributed by atoms with Crippen LogP contribution < -0.4 is 5.73 Å². The van der Waals surface area contributed by atoms with Crippen molar-refractivity contribution < 1.29 is 17.9 Å². The molecular weight excluding hydrogens is 316 g/mol. The number of hydrogen-bond donors (Lipinski definition) is 1. The van der Waals surface area contributed by atoms with Crippen molar-refractivity contribution >= 4 is 10.0 Å². The number of nitrogens with two attached hydrogens (primary N) is 1. The fourth-order valence-corrected chi connectivity index (χ4v) is 4.81. The molecule has 0 spiro atoms. The first kappa shape index (κ1) is 18.4. The van der Waals surface area contributed by atoms with Crippen molar-refractivity contribution in [2.75, 3.05) is 39.2 Å². The fraction of sp³-hybridized carbons (Fsp3) is 0.625. The van der Waals surface area contributed by atoms with Crippen LogP contribution in [-0.4, -0.2) is 57.5 Å². The van der Waals surface area contributed by atoms with Crippen molar-refractivity contribution in [3.63, 3.8) is 0 Å². The number of hydrogen-bond acceptors (Lipinski definition) is 5. The lowest BCUT2D eigenvalue weighted by atomic mass is 9.97. The molecule has 130 valence electrons. The third kappa shape index (κ3) is 4.99. The van der Waals surface area contributed by atoms with Crippen molar-refractivity contribution in [2.45, 2.75) is 25.0 Å². The normalized spacial score (nSPS) is 18.2. The van der Waals surface area contributed by atoms with E-state index in [4.69, 9.17) is 15.2 Å². The summed E-state index contributed by atoms with van der Waals surface area (Å²) in [5, 5.41) is 0. The maximum Gasteiger partial charge on any atom is 0.217 e. The molecule has 23 heavy (non-hydrogen) atoms. The van der Waals surface area contributed by atoms with E-state index < -0.39 is 15.6 Å². The molecular formula is C16H26N2O4S. The number of rotatable bonds is 8. The van der Waals surface area contributed by atoms with E-state index in [1.54, 1.807) is 7.11 Å². The molecule has 0 radical (unpaired) electrons. The van der Waals surface area contributed by atoms with Crippen LogP contribution in [0, 0.1) is 0 Å². The molecule has 0 aliphatic carbocycles. The minimum Gasteiger partial charge on any atom is -0.381 e. The molecule has 1 aromatic rings. The van der Waals surface area contributed by atoms with E-state index in [1.165, 1.54) is 4.31 Å². The van der Waals surface area contributed by atoms with Crippen molar-refractivity contribution in [2.24, 2.45) is 5.73 Å². The van der Waals surface area contributed by atoms with Gasteiger partial charge in [-0.15, -0.1) is 0 Å². The van der Waals surface area contributed by atoms with Gasteiger partial charge in [-0.25, -0.2) is 8.42 Å². The van der Waals surface area contributed by atoms with Crippen LogP contribution in [-0.2, 0) is 26.0 Å². The first-order valence-corrected chi connectivity index (χ1v) is 9.47. The molecule has 2 rings (SSSR count). The molecule has 0 atom stereocenters. The van der Waals surface area contributed by atoms with Gasteiger partial charge in [0.2, 0.25) is 10.0 Å². The summed E-state index contributed by atoms with van der Waals surface area (Å²) in [6.45, 7) is 1.97. The van der Waals surface area contributed by atoms with E-state index in [9.17, 15) is 8.42 Å². The maximum absolute atomic E-state index is 12.9. The Balaban J connectivity index is 2.15. The Morgan fingerprint density at radius 2 is 1.91 bits per heavy atom. The predicted molar refractivity (Wildman–Crippen MR) is 89.5 cm³/mol. The predicted octanol–water partition coefficient (Wildman–Crippen LogP) is 0.973. The summed E-state index contributed by atoms with van der Waals surface area (Å²) in [5.41, 5.74) is 5.90. The van der Waals surface area contributed by atoms with E-state index in [0.29, 0.717) is 39.1 Å². The van der Waals surface area contributed by atoms with Crippen molar-refractivity contribution in [3.8, 4) is 0 Å². The van der Waals surface area contributed by atoms with Crippen LogP contribution in [0.4, 0.5) is 0 Å². The van der Waals surface area contributed by atoms with Crippen LogP contribution in [0.1, 0.15) is 18.4 Å². The van der Waals surface area contributed by atoms with E-state index in [-0.39, 0.29) is 12.3 Å². The fourth-order valence-electron chi connectivity index (χ4n) is 2.82. The van der Waals surface area contributed by atoms with Gasteiger partial charge >= 0.3 is 0 Å². The summed E-state index contributed by atoms with van der Waals surface area (Å²) in [6, 6.07) is 9.54. The molecule has 0 amide bonds. The Morgan fingerprint density at radius 1 is 1.26 bits per heavy atom. The van der Waals surface area contributed by atoms with Crippen molar-refractivity contribution in [1.29, 1.82) is 0 Å². The Morgan fingerprint density at radius 3 is 2.48 bits per heavy atom. The average Bonchev–Trinajstić information content (AvgIpc) is 2.56. The molecule has 1 aliphatic heterocycles. The minimum absolute atomic E-state index is 0.0350. The highest BCUT2D eigenvalue weighted by atomic mass is 32.2. The number of methoxy groups -OCH3 is 1. The first-order valence-electron chi connectivity index (χ1n) is 7.86. The molecule has 7 heteroatoms. The Hall–Kier alpha value is -0.990. The van der Waals surface area contributed by atoms with Crippen molar-refractivity contribution in [3.05, 3.63) is 35.9 Å². The highest BCUT2D eigenvalue weighted by molar-refractivity contribution is 7.89. The zero-order valence-corrected chi connectivity index (χ0v) is 14.4. The Kier molecular flexibility index (Phi) is 6.55. The average molecular weight is 342 g/mol. The summed E-state index contributed by atoms with van der Waals surface area (Å²) >= 11 is 0. The third-order valence-corrected chi connectivity index (χ3v) is 6.25. The lowest BCUT2D eigenvalue weighted by Crippen LogP contribution is -2.48. The van der Waals surface area contributed by atoms with Gasteiger partial charge in [-0.1, -0.05) is 30.3 Å². The monoisotopic (exact) mass is 342 g/mol. The lowest BCUT2D eigenvalue weighted by Gasteiger charge is -2.37. The van der Waals surface area contributed by atoms with E-state index in [1.807, 2.05) is 30.3 Å². The largest absolute Gasteiger partial charge is 0.381 e. The van der Waals surface area contributed by atoms with Gasteiger partial charge in [-0.05, 0) is 5.56 Å². The highest BCUT2D eigenvalue weighted by Crippen LogP contribution is 2.27. The topological polar surface area (TPSA) is 81.9 Å². The van der Waals surface area contributed by atoms with Crippen LogP contribution in [0.3, 0.4) is 0 Å². The van der Waals surface area contributed by atoms with Gasteiger partial charge < -0.3 is 15.2 Å². The quantitative estimate of drug-likeness (QED) is 0.761. The maximum atomic E-state index is 12.9. The second kappa shape index (κ2) is 8.21. The molecule has 0 unspecified atom stereocenters.